The number of halogens is 1. The van der Waals surface area contributed by atoms with Crippen molar-refractivity contribution in [2.75, 3.05) is 6.61 Å². The van der Waals surface area contributed by atoms with E-state index < -0.39 is 22.5 Å². The number of hydrogen-bond acceptors (Lipinski definition) is 10. The number of rotatable bonds is 7. The maximum absolute atomic E-state index is 13.8. The van der Waals surface area contributed by atoms with Gasteiger partial charge in [-0.3, -0.25) is 19.5 Å². The fraction of sp³-hybridized carbons (Fsp3) is 0.148. The number of carbonyl (C=O) groups excluding carboxylic acids is 1. The van der Waals surface area contributed by atoms with Gasteiger partial charge in [0, 0.05) is 23.5 Å². The number of carbonyl (C=O) groups is 1. The van der Waals surface area contributed by atoms with Gasteiger partial charge in [0.05, 0.1) is 38.3 Å². The van der Waals surface area contributed by atoms with Crippen LogP contribution in [-0.2, 0) is 9.53 Å². The highest BCUT2D eigenvalue weighted by molar-refractivity contribution is 7.99. The van der Waals surface area contributed by atoms with E-state index in [1.807, 2.05) is 0 Å². The molecule has 0 spiro atoms. The molecule has 40 heavy (non-hydrogen) atoms. The monoisotopic (exact) mass is 593 g/mol. The van der Waals surface area contributed by atoms with Gasteiger partial charge in [-0.2, -0.15) is 0 Å². The second-order valence-electron chi connectivity index (χ2n) is 8.47. The van der Waals surface area contributed by atoms with Crippen molar-refractivity contribution in [1.29, 1.82) is 0 Å². The standard InChI is InChI=1S/C27H20ClN5O5S2/c1-3-38-25(35)22-15(2)31-27-32(23(22)17-6-8-18(28)9-7-17)24(34)21(40-27)14-16-5-10-20(19(13-16)33(36)37)39-26-29-11-4-12-30-26/h4-14,23H,3H2,1-2H3/b21-14+. The lowest BCUT2D eigenvalue weighted by atomic mass is 9.96. The third-order valence-corrected chi connectivity index (χ3v) is 8.12. The first-order valence-corrected chi connectivity index (χ1v) is 14.0. The minimum absolute atomic E-state index is 0.140. The van der Waals surface area contributed by atoms with Crippen LogP contribution in [0.2, 0.25) is 5.02 Å². The molecule has 0 saturated carbocycles. The highest BCUT2D eigenvalue weighted by atomic mass is 35.5. The van der Waals surface area contributed by atoms with Gasteiger partial charge in [0.1, 0.15) is 0 Å². The molecule has 0 N–H and O–H groups in total. The lowest BCUT2D eigenvalue weighted by molar-refractivity contribution is -0.387. The number of nitro groups is 1. The average Bonchev–Trinajstić information content (AvgIpc) is 3.23. The summed E-state index contributed by atoms with van der Waals surface area (Å²) in [6.45, 7) is 3.56. The number of ether oxygens (including phenoxy) is 1. The fourth-order valence-electron chi connectivity index (χ4n) is 4.19. The number of hydrogen-bond donors (Lipinski definition) is 0. The van der Waals surface area contributed by atoms with Crippen molar-refractivity contribution < 1.29 is 14.5 Å². The van der Waals surface area contributed by atoms with Gasteiger partial charge in [-0.05, 0) is 67.1 Å². The molecule has 13 heteroatoms. The third kappa shape index (κ3) is 5.46. The Morgan fingerprint density at radius 1 is 1.23 bits per heavy atom. The molecule has 1 atom stereocenters. The van der Waals surface area contributed by atoms with Crippen LogP contribution in [0.5, 0.6) is 0 Å². The van der Waals surface area contributed by atoms with Gasteiger partial charge in [0.2, 0.25) is 0 Å². The Bertz CT molecular complexity index is 1840. The number of allylic oxidation sites excluding steroid dienone is 1. The summed E-state index contributed by atoms with van der Waals surface area (Å²) >= 11 is 8.30. The minimum atomic E-state index is -0.784. The molecule has 0 bridgehead atoms. The van der Waals surface area contributed by atoms with E-state index in [9.17, 15) is 19.7 Å². The predicted octanol–water partition coefficient (Wildman–Crippen LogP) is 4.30. The Kier molecular flexibility index (Phi) is 7.92. The number of nitro benzene ring substituents is 1. The summed E-state index contributed by atoms with van der Waals surface area (Å²) in [5.74, 6) is -0.566. The van der Waals surface area contributed by atoms with Crippen molar-refractivity contribution in [2.24, 2.45) is 4.99 Å². The molecule has 0 radical (unpaired) electrons. The van der Waals surface area contributed by atoms with Crippen molar-refractivity contribution in [3.8, 4) is 0 Å². The molecular weight excluding hydrogens is 574 g/mol. The average molecular weight is 594 g/mol. The first-order chi connectivity index (χ1) is 19.3. The summed E-state index contributed by atoms with van der Waals surface area (Å²) in [7, 11) is 0. The zero-order valence-corrected chi connectivity index (χ0v) is 23.5. The molecule has 0 aliphatic carbocycles. The van der Waals surface area contributed by atoms with Gasteiger partial charge < -0.3 is 4.74 Å². The molecule has 10 nitrogen and oxygen atoms in total. The fourth-order valence-corrected chi connectivity index (χ4v) is 6.16. The lowest BCUT2D eigenvalue weighted by Gasteiger charge is -2.24. The van der Waals surface area contributed by atoms with Crippen molar-refractivity contribution in [3.05, 3.63) is 118 Å². The molecule has 5 rings (SSSR count). The van der Waals surface area contributed by atoms with E-state index in [2.05, 4.69) is 15.0 Å². The Hall–Kier alpha value is -4.13. The largest absolute Gasteiger partial charge is 0.463 e. The normalized spacial score (nSPS) is 15.0. The van der Waals surface area contributed by atoms with E-state index in [0.717, 1.165) is 23.1 Å². The molecule has 0 amide bonds. The van der Waals surface area contributed by atoms with Crippen LogP contribution in [-0.4, -0.2) is 32.0 Å². The second kappa shape index (κ2) is 11.5. The Morgan fingerprint density at radius 2 is 1.95 bits per heavy atom. The highest BCUT2D eigenvalue weighted by Gasteiger charge is 2.33. The van der Waals surface area contributed by atoms with Crippen LogP contribution < -0.4 is 14.9 Å². The molecule has 3 heterocycles. The van der Waals surface area contributed by atoms with E-state index in [1.165, 1.54) is 10.6 Å². The third-order valence-electron chi connectivity index (χ3n) is 5.92. The van der Waals surface area contributed by atoms with E-state index in [0.29, 0.717) is 41.2 Å². The summed E-state index contributed by atoms with van der Waals surface area (Å²) in [5.41, 5.74) is 1.28. The number of benzene rings is 2. The Balaban J connectivity index is 1.62. The quantitative estimate of drug-likeness (QED) is 0.134. The molecule has 2 aromatic heterocycles. The van der Waals surface area contributed by atoms with E-state index >= 15 is 0 Å². The zero-order valence-electron chi connectivity index (χ0n) is 21.1. The van der Waals surface area contributed by atoms with Crippen LogP contribution in [0.15, 0.2) is 92.0 Å². The topological polar surface area (TPSA) is 130 Å². The SMILES string of the molecule is CCOC(=O)C1=C(C)N=c2s/c(=C/c3ccc(Sc4ncccn4)c([N+](=O)[O-])c3)c(=O)n2C1c1ccc(Cl)cc1. The van der Waals surface area contributed by atoms with Gasteiger partial charge in [-0.1, -0.05) is 41.1 Å². The first kappa shape index (κ1) is 27.4. The van der Waals surface area contributed by atoms with Gasteiger partial charge in [0.15, 0.2) is 9.96 Å². The number of fused-ring (bicyclic) bond motifs is 1. The predicted molar refractivity (Wildman–Crippen MR) is 151 cm³/mol. The van der Waals surface area contributed by atoms with E-state index in [-0.39, 0.29) is 17.9 Å². The Morgan fingerprint density at radius 3 is 2.62 bits per heavy atom. The lowest BCUT2D eigenvalue weighted by Crippen LogP contribution is -2.39. The summed E-state index contributed by atoms with van der Waals surface area (Å²) < 4.78 is 7.05. The second-order valence-corrected chi connectivity index (χ2v) is 10.9. The van der Waals surface area contributed by atoms with Crippen LogP contribution in [0, 0.1) is 10.1 Å². The minimum Gasteiger partial charge on any atom is -0.463 e. The van der Waals surface area contributed by atoms with E-state index in [4.69, 9.17) is 16.3 Å². The number of aromatic nitrogens is 3. The molecule has 0 fully saturated rings. The number of esters is 1. The van der Waals surface area contributed by atoms with Crippen LogP contribution in [0.3, 0.4) is 0 Å². The highest BCUT2D eigenvalue weighted by Crippen LogP contribution is 2.34. The summed E-state index contributed by atoms with van der Waals surface area (Å²) in [4.78, 5) is 51.6. The van der Waals surface area contributed by atoms with Crippen molar-refractivity contribution in [1.82, 2.24) is 14.5 Å². The molecule has 1 unspecified atom stereocenters. The van der Waals surface area contributed by atoms with Crippen molar-refractivity contribution in [3.63, 3.8) is 0 Å². The summed E-state index contributed by atoms with van der Waals surface area (Å²) in [6.07, 6.45) is 4.69. The molecule has 202 valence electrons. The van der Waals surface area contributed by atoms with Crippen LogP contribution >= 0.6 is 34.7 Å². The molecule has 1 aliphatic heterocycles. The number of nitrogens with zero attached hydrogens (tertiary/aromatic N) is 5. The van der Waals surface area contributed by atoms with Gasteiger partial charge in [-0.25, -0.2) is 19.8 Å². The van der Waals surface area contributed by atoms with Gasteiger partial charge in [-0.15, -0.1) is 0 Å². The number of thiazole rings is 1. The maximum atomic E-state index is 13.8. The van der Waals surface area contributed by atoms with Crippen molar-refractivity contribution in [2.45, 2.75) is 29.9 Å². The van der Waals surface area contributed by atoms with Crippen LogP contribution in [0.1, 0.15) is 31.0 Å². The van der Waals surface area contributed by atoms with Crippen LogP contribution in [0.4, 0.5) is 5.69 Å². The molecule has 2 aromatic carbocycles. The van der Waals surface area contributed by atoms with Gasteiger partial charge in [0.25, 0.3) is 11.2 Å². The molecule has 0 saturated heterocycles. The van der Waals surface area contributed by atoms with Crippen molar-refractivity contribution >= 4 is 52.4 Å². The van der Waals surface area contributed by atoms with E-state index in [1.54, 1.807) is 74.8 Å². The maximum Gasteiger partial charge on any atom is 0.338 e. The first-order valence-electron chi connectivity index (χ1n) is 11.9. The smallest absolute Gasteiger partial charge is 0.338 e. The molecule has 4 aromatic rings. The molecule has 1 aliphatic rings. The van der Waals surface area contributed by atoms with Gasteiger partial charge >= 0.3 is 5.97 Å². The Labute approximate surface area is 240 Å². The summed E-state index contributed by atoms with van der Waals surface area (Å²) in [5, 5.41) is 12.7. The molecular formula is C27H20ClN5O5S2. The zero-order chi connectivity index (χ0) is 28.4. The summed E-state index contributed by atoms with van der Waals surface area (Å²) in [6, 6.07) is 12.4. The van der Waals surface area contributed by atoms with Crippen LogP contribution in [0.25, 0.3) is 6.08 Å².